The van der Waals surface area contributed by atoms with Gasteiger partial charge in [0.25, 0.3) is 0 Å². The van der Waals surface area contributed by atoms with Gasteiger partial charge >= 0.3 is 6.18 Å². The van der Waals surface area contributed by atoms with E-state index in [1.807, 2.05) is 14.1 Å². The second-order valence-corrected chi connectivity index (χ2v) is 6.92. The van der Waals surface area contributed by atoms with E-state index < -0.39 is 11.9 Å². The molecule has 0 saturated heterocycles. The molecule has 1 aromatic carbocycles. The number of halogens is 3. The lowest BCUT2D eigenvalue weighted by molar-refractivity contribution is -0.142. The number of fused-ring (bicyclic) bond motifs is 1. The second kappa shape index (κ2) is 6.97. The Kier molecular flexibility index (Phi) is 4.56. The van der Waals surface area contributed by atoms with Gasteiger partial charge in [-0.15, -0.1) is 10.2 Å². The molecule has 0 atom stereocenters. The number of rotatable bonds is 3. The van der Waals surface area contributed by atoms with Gasteiger partial charge in [0.2, 0.25) is 0 Å². The molecule has 7 nitrogen and oxygen atoms in total. The first-order valence-electron chi connectivity index (χ1n) is 8.94. The molecular weight excluding hydrogens is 397 g/mol. The van der Waals surface area contributed by atoms with Crippen LogP contribution in [0.15, 0.2) is 42.6 Å². The summed E-state index contributed by atoms with van der Waals surface area (Å²) >= 11 is 0. The summed E-state index contributed by atoms with van der Waals surface area (Å²) in [5.74, 6) is 0.570. The number of aromatic nitrogens is 5. The monoisotopic (exact) mass is 414 g/mol. The van der Waals surface area contributed by atoms with E-state index in [9.17, 15) is 18.3 Å². The van der Waals surface area contributed by atoms with E-state index in [2.05, 4.69) is 20.3 Å². The van der Waals surface area contributed by atoms with Crippen molar-refractivity contribution < 1.29 is 18.3 Å². The molecule has 154 valence electrons. The molecule has 0 fully saturated rings. The number of hydrogen-bond acceptors (Lipinski definition) is 6. The Balaban J connectivity index is 2.01. The van der Waals surface area contributed by atoms with Crippen molar-refractivity contribution >= 4 is 17.0 Å². The van der Waals surface area contributed by atoms with Gasteiger partial charge in [-0.2, -0.15) is 22.8 Å². The molecule has 1 N–H and O–H groups in total. The van der Waals surface area contributed by atoms with Gasteiger partial charge in [0, 0.05) is 20.3 Å². The first-order chi connectivity index (χ1) is 14.2. The number of alkyl halides is 3. The lowest BCUT2D eigenvalue weighted by Gasteiger charge is -2.11. The second-order valence-electron chi connectivity index (χ2n) is 6.92. The van der Waals surface area contributed by atoms with Crippen LogP contribution in [-0.2, 0) is 6.18 Å². The van der Waals surface area contributed by atoms with E-state index in [-0.39, 0.29) is 28.0 Å². The zero-order valence-corrected chi connectivity index (χ0v) is 16.3. The third-order valence-electron chi connectivity index (χ3n) is 4.73. The molecule has 0 unspecified atom stereocenters. The Morgan fingerprint density at radius 1 is 1.07 bits per heavy atom. The number of pyridine rings is 1. The van der Waals surface area contributed by atoms with Crippen LogP contribution in [0.1, 0.15) is 18.2 Å². The number of phenols is 1. The van der Waals surface area contributed by atoms with Crippen LogP contribution in [0.4, 0.5) is 19.0 Å². The van der Waals surface area contributed by atoms with E-state index in [0.29, 0.717) is 17.0 Å². The van der Waals surface area contributed by atoms with Crippen LogP contribution >= 0.6 is 0 Å². The van der Waals surface area contributed by atoms with Crippen molar-refractivity contribution in [3.8, 4) is 17.1 Å². The van der Waals surface area contributed by atoms with Crippen LogP contribution in [0.2, 0.25) is 0 Å². The molecule has 0 aliphatic rings. The largest absolute Gasteiger partial charge is 0.507 e. The maximum Gasteiger partial charge on any atom is 0.435 e. The Hall–Kier alpha value is -3.69. The molecule has 4 aromatic rings. The summed E-state index contributed by atoms with van der Waals surface area (Å²) in [6.07, 6.45) is -3.20. The number of benzene rings is 1. The summed E-state index contributed by atoms with van der Waals surface area (Å²) < 4.78 is 42.5. The molecule has 0 saturated carbocycles. The van der Waals surface area contributed by atoms with Crippen LogP contribution in [0.25, 0.3) is 22.6 Å². The topological polar surface area (TPSA) is 79.4 Å². The summed E-state index contributed by atoms with van der Waals surface area (Å²) in [6, 6.07) is 9.61. The average molecular weight is 414 g/mol. The molecule has 0 amide bonds. The minimum Gasteiger partial charge on any atom is -0.507 e. The van der Waals surface area contributed by atoms with Crippen molar-refractivity contribution in [1.29, 1.82) is 0 Å². The molecular formula is C20H17F3N6O. The van der Waals surface area contributed by atoms with Crippen LogP contribution in [0, 0.1) is 0 Å². The average Bonchev–Trinajstić information content (AvgIpc) is 3.27. The van der Waals surface area contributed by atoms with E-state index in [1.165, 1.54) is 18.3 Å². The fourth-order valence-electron chi connectivity index (χ4n) is 3.18. The molecule has 0 aliphatic heterocycles. The fourth-order valence-corrected chi connectivity index (χ4v) is 3.18. The fraction of sp³-hybridized carbons (Fsp3) is 0.200. The van der Waals surface area contributed by atoms with Crippen LogP contribution in [0.3, 0.4) is 0 Å². The van der Waals surface area contributed by atoms with Gasteiger partial charge in [0.05, 0.1) is 10.8 Å². The summed E-state index contributed by atoms with van der Waals surface area (Å²) in [5, 5.41) is 21.6. The molecule has 3 heterocycles. The molecule has 4 rings (SSSR count). The number of anilines is 1. The SMILES string of the molecule is C/C(c1ccc(N(C)C)nc1)=c1/c(C(F)(F)F)nn2c(-c3ccccc3O)nnc12. The zero-order chi connectivity index (χ0) is 21.6. The van der Waals surface area contributed by atoms with Gasteiger partial charge in [0.1, 0.15) is 11.6 Å². The summed E-state index contributed by atoms with van der Waals surface area (Å²) in [6.45, 7) is 1.56. The molecule has 10 heteroatoms. The van der Waals surface area contributed by atoms with Crippen molar-refractivity contribution in [2.24, 2.45) is 0 Å². The Morgan fingerprint density at radius 3 is 2.40 bits per heavy atom. The van der Waals surface area contributed by atoms with Crippen molar-refractivity contribution in [2.45, 2.75) is 13.1 Å². The summed E-state index contributed by atoms with van der Waals surface area (Å²) in [7, 11) is 3.64. The molecule has 0 radical (unpaired) electrons. The predicted octanol–water partition coefficient (Wildman–Crippen LogP) is 2.91. The van der Waals surface area contributed by atoms with Gasteiger partial charge < -0.3 is 10.0 Å². The molecule has 0 bridgehead atoms. The third kappa shape index (κ3) is 3.19. The number of para-hydroxylation sites is 1. The standard InChI is InChI=1S/C20H17F3N6O/c1-11(12-8-9-15(24-10-12)28(2)3)16-17(20(21,22)23)27-29-18(25-26-19(16)29)13-6-4-5-7-14(13)30/h4-10,30H,1-3H3/b16-11+. The van der Waals surface area contributed by atoms with Crippen molar-refractivity contribution in [3.05, 3.63) is 59.1 Å². The molecule has 0 aliphatic carbocycles. The molecule has 3 aromatic heterocycles. The van der Waals surface area contributed by atoms with Gasteiger partial charge in [-0.05, 0) is 42.3 Å². The lowest BCUT2D eigenvalue weighted by Crippen LogP contribution is -2.20. The summed E-state index contributed by atoms with van der Waals surface area (Å²) in [4.78, 5) is 6.06. The zero-order valence-electron chi connectivity index (χ0n) is 16.3. The van der Waals surface area contributed by atoms with Gasteiger partial charge in [-0.1, -0.05) is 12.1 Å². The van der Waals surface area contributed by atoms with Gasteiger partial charge in [-0.3, -0.25) is 0 Å². The highest BCUT2D eigenvalue weighted by atomic mass is 19.4. The highest BCUT2D eigenvalue weighted by Gasteiger charge is 2.38. The highest BCUT2D eigenvalue weighted by Crippen LogP contribution is 2.30. The first kappa shape index (κ1) is 19.6. The van der Waals surface area contributed by atoms with Crippen LogP contribution in [0.5, 0.6) is 5.75 Å². The van der Waals surface area contributed by atoms with E-state index >= 15 is 0 Å². The van der Waals surface area contributed by atoms with Crippen molar-refractivity contribution in [3.63, 3.8) is 0 Å². The number of nitrogens with zero attached hydrogens (tertiary/aromatic N) is 6. The first-order valence-corrected chi connectivity index (χ1v) is 8.94. The quantitative estimate of drug-likeness (QED) is 0.555. The van der Waals surface area contributed by atoms with Crippen molar-refractivity contribution in [1.82, 2.24) is 24.8 Å². The molecule has 0 spiro atoms. The van der Waals surface area contributed by atoms with E-state index in [4.69, 9.17) is 0 Å². The summed E-state index contributed by atoms with van der Waals surface area (Å²) in [5.41, 5.74) is -0.0579. The van der Waals surface area contributed by atoms with Crippen LogP contribution in [-0.4, -0.2) is 44.0 Å². The highest BCUT2D eigenvalue weighted by molar-refractivity contribution is 5.72. The predicted molar refractivity (Wildman–Crippen MR) is 105 cm³/mol. The maximum absolute atomic E-state index is 13.8. The lowest BCUT2D eigenvalue weighted by atomic mass is 10.1. The Morgan fingerprint density at radius 2 is 1.80 bits per heavy atom. The third-order valence-corrected chi connectivity index (χ3v) is 4.73. The normalized spacial score (nSPS) is 13.0. The van der Waals surface area contributed by atoms with E-state index in [1.54, 1.807) is 36.1 Å². The van der Waals surface area contributed by atoms with Crippen molar-refractivity contribution in [2.75, 3.05) is 19.0 Å². The van der Waals surface area contributed by atoms with Gasteiger partial charge in [-0.25, -0.2) is 4.98 Å². The Bertz CT molecular complexity index is 1280. The number of phenolic OH excluding ortho intramolecular Hbond substituents is 1. The molecule has 30 heavy (non-hydrogen) atoms. The van der Waals surface area contributed by atoms with Gasteiger partial charge in [0.15, 0.2) is 17.2 Å². The minimum absolute atomic E-state index is 0.0220. The smallest absolute Gasteiger partial charge is 0.435 e. The maximum atomic E-state index is 13.8. The van der Waals surface area contributed by atoms with E-state index in [0.717, 1.165) is 4.52 Å². The number of hydrogen-bond donors (Lipinski definition) is 1. The van der Waals surface area contributed by atoms with Crippen LogP contribution < -0.4 is 10.1 Å². The Labute approximate surface area is 169 Å². The number of aromatic hydroxyl groups is 1. The minimum atomic E-state index is -4.70.